The molecular weight excluding hydrogens is 356 g/mol. The maximum atomic E-state index is 12.5. The largest absolute Gasteiger partial charge is 0.497 e. The lowest BCUT2D eigenvalue weighted by atomic mass is 9.87. The number of amides is 1. The minimum Gasteiger partial charge on any atom is -0.497 e. The first-order valence-electron chi connectivity index (χ1n) is 9.77. The molecule has 1 aliphatic rings. The molecule has 0 radical (unpaired) electrons. The molecule has 6 heteroatoms. The van der Waals surface area contributed by atoms with Crippen molar-refractivity contribution in [3.63, 3.8) is 0 Å². The minimum absolute atomic E-state index is 0.166. The number of methoxy groups -OCH3 is 1. The van der Waals surface area contributed by atoms with Gasteiger partial charge < -0.3 is 14.4 Å². The number of carbonyl (C=O) groups is 2. The zero-order chi connectivity index (χ0) is 20.3. The van der Waals surface area contributed by atoms with Crippen molar-refractivity contribution in [2.75, 3.05) is 20.8 Å². The van der Waals surface area contributed by atoms with Gasteiger partial charge in [-0.1, -0.05) is 6.92 Å². The standard InChI is InChI=1S/C22H28N2O4/c1-14-5-7-17(8-6-14)24(3)21(25)13-28-22(26)19-12-16-11-18(27-4)9-10-20(16)23-15(19)2/h9-12,14,17H,5-8,13H2,1-4H3. The SMILES string of the molecule is COc1ccc2nc(C)c(C(=O)OCC(=O)N(C)C3CCC(C)CC3)cc2c1. The monoisotopic (exact) mass is 384 g/mol. The van der Waals surface area contributed by atoms with Crippen LogP contribution in [0.15, 0.2) is 24.3 Å². The van der Waals surface area contributed by atoms with Gasteiger partial charge in [-0.3, -0.25) is 9.78 Å². The van der Waals surface area contributed by atoms with Crippen molar-refractivity contribution in [1.82, 2.24) is 9.88 Å². The van der Waals surface area contributed by atoms with Crippen LogP contribution in [0.5, 0.6) is 5.75 Å². The lowest BCUT2D eigenvalue weighted by Gasteiger charge is -2.33. The molecule has 0 N–H and O–H groups in total. The number of fused-ring (bicyclic) bond motifs is 1. The van der Waals surface area contributed by atoms with E-state index in [-0.39, 0.29) is 18.6 Å². The number of esters is 1. The Balaban J connectivity index is 1.65. The summed E-state index contributed by atoms with van der Waals surface area (Å²) in [6.07, 6.45) is 4.28. The molecule has 0 aliphatic heterocycles. The zero-order valence-electron chi connectivity index (χ0n) is 17.0. The molecule has 0 spiro atoms. The second kappa shape index (κ2) is 8.59. The third kappa shape index (κ3) is 4.43. The van der Waals surface area contributed by atoms with E-state index in [4.69, 9.17) is 9.47 Å². The first kappa shape index (κ1) is 20.1. The van der Waals surface area contributed by atoms with Gasteiger partial charge in [-0.15, -0.1) is 0 Å². The lowest BCUT2D eigenvalue weighted by Crippen LogP contribution is -2.41. The summed E-state index contributed by atoms with van der Waals surface area (Å²) in [5, 5.41) is 0.789. The summed E-state index contributed by atoms with van der Waals surface area (Å²) in [5.41, 5.74) is 1.71. The summed E-state index contributed by atoms with van der Waals surface area (Å²) >= 11 is 0. The molecule has 1 saturated carbocycles. The van der Waals surface area contributed by atoms with Gasteiger partial charge in [-0.25, -0.2) is 4.79 Å². The highest BCUT2D eigenvalue weighted by Crippen LogP contribution is 2.26. The summed E-state index contributed by atoms with van der Waals surface area (Å²) in [6, 6.07) is 7.47. The van der Waals surface area contributed by atoms with Crippen molar-refractivity contribution in [1.29, 1.82) is 0 Å². The molecule has 3 rings (SSSR count). The predicted molar refractivity (Wildman–Crippen MR) is 108 cm³/mol. The Bertz CT molecular complexity index is 872. The summed E-state index contributed by atoms with van der Waals surface area (Å²) in [5.74, 6) is 0.713. The van der Waals surface area contributed by atoms with Crippen LogP contribution in [0.25, 0.3) is 10.9 Å². The first-order chi connectivity index (χ1) is 13.4. The van der Waals surface area contributed by atoms with E-state index in [1.165, 1.54) is 0 Å². The Labute approximate surface area is 165 Å². The minimum atomic E-state index is -0.534. The smallest absolute Gasteiger partial charge is 0.340 e. The fraction of sp³-hybridized carbons (Fsp3) is 0.500. The predicted octanol–water partition coefficient (Wildman–Crippen LogP) is 3.75. The maximum absolute atomic E-state index is 12.5. The Kier molecular flexibility index (Phi) is 6.17. The van der Waals surface area contributed by atoms with Crippen LogP contribution < -0.4 is 4.74 Å². The van der Waals surface area contributed by atoms with Crippen molar-refractivity contribution < 1.29 is 19.1 Å². The summed E-state index contributed by atoms with van der Waals surface area (Å²) in [7, 11) is 3.39. The highest BCUT2D eigenvalue weighted by atomic mass is 16.5. The number of ether oxygens (including phenoxy) is 2. The van der Waals surface area contributed by atoms with Gasteiger partial charge in [-0.05, 0) is 62.8 Å². The average Bonchev–Trinajstić information content (AvgIpc) is 2.70. The van der Waals surface area contributed by atoms with E-state index < -0.39 is 5.97 Å². The number of hydrogen-bond acceptors (Lipinski definition) is 5. The number of benzene rings is 1. The van der Waals surface area contributed by atoms with Crippen molar-refractivity contribution in [2.24, 2.45) is 5.92 Å². The van der Waals surface area contributed by atoms with Gasteiger partial charge in [-0.2, -0.15) is 0 Å². The van der Waals surface area contributed by atoms with Gasteiger partial charge in [0.15, 0.2) is 6.61 Å². The van der Waals surface area contributed by atoms with E-state index in [1.54, 1.807) is 32.0 Å². The van der Waals surface area contributed by atoms with Crippen molar-refractivity contribution in [3.05, 3.63) is 35.5 Å². The molecule has 1 aliphatic carbocycles. The molecule has 0 saturated heterocycles. The van der Waals surface area contributed by atoms with Crippen LogP contribution in [0.3, 0.4) is 0 Å². The van der Waals surface area contributed by atoms with Gasteiger partial charge >= 0.3 is 5.97 Å². The molecule has 0 atom stereocenters. The Hall–Kier alpha value is -2.63. The molecule has 150 valence electrons. The number of likely N-dealkylation sites (N-methyl/N-ethyl adjacent to an activating group) is 1. The summed E-state index contributed by atoms with van der Waals surface area (Å²) in [4.78, 5) is 31.2. The van der Waals surface area contributed by atoms with Gasteiger partial charge in [0, 0.05) is 18.5 Å². The van der Waals surface area contributed by atoms with Crippen LogP contribution in [-0.2, 0) is 9.53 Å². The van der Waals surface area contributed by atoms with Crippen molar-refractivity contribution in [2.45, 2.75) is 45.6 Å². The summed E-state index contributed by atoms with van der Waals surface area (Å²) in [6.45, 7) is 3.75. The molecular formula is C22H28N2O4. The fourth-order valence-electron chi connectivity index (χ4n) is 3.72. The normalized spacial score (nSPS) is 19.3. The van der Waals surface area contributed by atoms with Crippen LogP contribution >= 0.6 is 0 Å². The lowest BCUT2D eigenvalue weighted by molar-refractivity contribution is -0.136. The van der Waals surface area contributed by atoms with Gasteiger partial charge in [0.05, 0.1) is 23.9 Å². The molecule has 6 nitrogen and oxygen atoms in total. The molecule has 1 amide bonds. The molecule has 1 heterocycles. The van der Waals surface area contributed by atoms with Crippen LogP contribution in [0, 0.1) is 12.8 Å². The Morgan fingerprint density at radius 2 is 1.89 bits per heavy atom. The quantitative estimate of drug-likeness (QED) is 0.735. The fourth-order valence-corrected chi connectivity index (χ4v) is 3.72. The molecule has 0 bridgehead atoms. The second-order valence-electron chi connectivity index (χ2n) is 7.67. The van der Waals surface area contributed by atoms with Gasteiger partial charge in [0.1, 0.15) is 5.75 Å². The van der Waals surface area contributed by atoms with Crippen LogP contribution in [0.1, 0.15) is 48.7 Å². The Morgan fingerprint density at radius 1 is 1.18 bits per heavy atom. The van der Waals surface area contributed by atoms with Crippen LogP contribution in [0.4, 0.5) is 0 Å². The number of carbonyl (C=O) groups excluding carboxylic acids is 2. The zero-order valence-corrected chi connectivity index (χ0v) is 17.0. The third-order valence-corrected chi connectivity index (χ3v) is 5.69. The second-order valence-corrected chi connectivity index (χ2v) is 7.67. The molecule has 1 aromatic heterocycles. The number of aryl methyl sites for hydroxylation is 1. The van der Waals surface area contributed by atoms with Gasteiger partial charge in [0.2, 0.25) is 0 Å². The number of hydrogen-bond donors (Lipinski definition) is 0. The highest BCUT2D eigenvalue weighted by molar-refractivity contribution is 5.96. The number of aromatic nitrogens is 1. The van der Waals surface area contributed by atoms with E-state index in [0.29, 0.717) is 17.0 Å². The Morgan fingerprint density at radius 3 is 2.57 bits per heavy atom. The van der Waals surface area contributed by atoms with E-state index in [1.807, 2.05) is 18.2 Å². The molecule has 1 fully saturated rings. The van der Waals surface area contributed by atoms with Crippen molar-refractivity contribution >= 4 is 22.8 Å². The van der Waals surface area contributed by atoms with Crippen LogP contribution in [-0.4, -0.2) is 48.6 Å². The molecule has 0 unspecified atom stereocenters. The van der Waals surface area contributed by atoms with E-state index in [2.05, 4.69) is 11.9 Å². The summed E-state index contributed by atoms with van der Waals surface area (Å²) < 4.78 is 10.5. The maximum Gasteiger partial charge on any atom is 0.340 e. The third-order valence-electron chi connectivity index (χ3n) is 5.69. The van der Waals surface area contributed by atoms with E-state index in [0.717, 1.165) is 42.5 Å². The van der Waals surface area contributed by atoms with Gasteiger partial charge in [0.25, 0.3) is 5.91 Å². The van der Waals surface area contributed by atoms with Crippen molar-refractivity contribution in [3.8, 4) is 5.75 Å². The molecule has 2 aromatic rings. The number of nitrogens with zero attached hydrogens (tertiary/aromatic N) is 2. The molecule has 1 aromatic carbocycles. The average molecular weight is 384 g/mol. The number of rotatable bonds is 5. The van der Waals surface area contributed by atoms with E-state index in [9.17, 15) is 9.59 Å². The first-order valence-corrected chi connectivity index (χ1v) is 9.77. The van der Waals surface area contributed by atoms with E-state index >= 15 is 0 Å². The molecule has 28 heavy (non-hydrogen) atoms. The topological polar surface area (TPSA) is 68.7 Å². The highest BCUT2D eigenvalue weighted by Gasteiger charge is 2.25. The van der Waals surface area contributed by atoms with Crippen LogP contribution in [0.2, 0.25) is 0 Å². The number of pyridine rings is 1.